The van der Waals surface area contributed by atoms with Gasteiger partial charge in [0.1, 0.15) is 5.69 Å². The highest BCUT2D eigenvalue weighted by molar-refractivity contribution is 5.95. The molecule has 1 N–H and O–H groups in total. The van der Waals surface area contributed by atoms with Crippen molar-refractivity contribution in [2.45, 2.75) is 12.8 Å². The Kier molecular flexibility index (Phi) is 3.69. The van der Waals surface area contributed by atoms with Gasteiger partial charge in [0.25, 0.3) is 5.91 Å². The first-order valence-corrected chi connectivity index (χ1v) is 6.99. The first-order chi connectivity index (χ1) is 10.3. The average Bonchev–Trinajstić information content (AvgIpc) is 3.09. The van der Waals surface area contributed by atoms with Crippen molar-refractivity contribution in [1.29, 1.82) is 0 Å². The number of nitrogens with zero attached hydrogens (tertiary/aromatic N) is 3. The maximum atomic E-state index is 12.6. The van der Waals surface area contributed by atoms with Crippen LogP contribution in [-0.2, 0) is 0 Å². The van der Waals surface area contributed by atoms with Crippen LogP contribution in [0.15, 0.2) is 30.7 Å². The second-order valence-electron chi connectivity index (χ2n) is 5.12. The summed E-state index contributed by atoms with van der Waals surface area (Å²) in [6.07, 6.45) is 12.5. The molecule has 1 aliphatic rings. The standard InChI is InChI=1S/C16H16N4O/c1-2-12-4-3-9-20(11-12)16(21)13-5-6-17-14(10-13)15-18-7-8-19-15/h1,5-8,10,12H,3-4,9,11H2,(H,18,19)/t12-/m0/s1. The second kappa shape index (κ2) is 5.80. The third kappa shape index (κ3) is 2.79. The van der Waals surface area contributed by atoms with E-state index in [4.69, 9.17) is 6.42 Å². The predicted octanol–water partition coefficient (Wildman–Crippen LogP) is 1.96. The number of carbonyl (C=O) groups excluding carboxylic acids is 1. The molecule has 2 aromatic rings. The van der Waals surface area contributed by atoms with Crippen LogP contribution < -0.4 is 0 Å². The van der Waals surface area contributed by atoms with E-state index >= 15 is 0 Å². The molecule has 21 heavy (non-hydrogen) atoms. The molecule has 5 heteroatoms. The fraction of sp³-hybridized carbons (Fsp3) is 0.312. The lowest BCUT2D eigenvalue weighted by molar-refractivity contribution is 0.0699. The van der Waals surface area contributed by atoms with Crippen molar-refractivity contribution in [3.63, 3.8) is 0 Å². The van der Waals surface area contributed by atoms with E-state index in [1.807, 2.05) is 4.90 Å². The molecule has 3 rings (SSSR count). The van der Waals surface area contributed by atoms with Gasteiger partial charge in [0.05, 0.1) is 0 Å². The summed E-state index contributed by atoms with van der Waals surface area (Å²) in [5.41, 5.74) is 1.28. The Labute approximate surface area is 123 Å². The van der Waals surface area contributed by atoms with E-state index in [0.29, 0.717) is 23.6 Å². The van der Waals surface area contributed by atoms with Gasteiger partial charge in [-0.3, -0.25) is 9.78 Å². The molecule has 5 nitrogen and oxygen atoms in total. The van der Waals surface area contributed by atoms with E-state index in [9.17, 15) is 4.79 Å². The summed E-state index contributed by atoms with van der Waals surface area (Å²) in [7, 11) is 0. The molecule has 106 valence electrons. The van der Waals surface area contributed by atoms with Crippen LogP contribution in [-0.4, -0.2) is 38.8 Å². The van der Waals surface area contributed by atoms with Crippen molar-refractivity contribution < 1.29 is 4.79 Å². The normalized spacial score (nSPS) is 18.2. The summed E-state index contributed by atoms with van der Waals surface area (Å²) in [4.78, 5) is 25.8. The smallest absolute Gasteiger partial charge is 0.254 e. The number of pyridine rings is 1. The van der Waals surface area contributed by atoms with Gasteiger partial charge in [0, 0.05) is 43.2 Å². The lowest BCUT2D eigenvalue weighted by Crippen LogP contribution is -2.39. The summed E-state index contributed by atoms with van der Waals surface area (Å²) in [6.45, 7) is 1.39. The highest BCUT2D eigenvalue weighted by atomic mass is 16.2. The van der Waals surface area contributed by atoms with Crippen molar-refractivity contribution in [2.75, 3.05) is 13.1 Å². The van der Waals surface area contributed by atoms with Crippen molar-refractivity contribution >= 4 is 5.91 Å². The van der Waals surface area contributed by atoms with E-state index in [1.165, 1.54) is 0 Å². The Balaban J connectivity index is 1.82. The van der Waals surface area contributed by atoms with Crippen molar-refractivity contribution in [3.8, 4) is 23.9 Å². The number of H-pyrrole nitrogens is 1. The molecule has 1 atom stereocenters. The minimum atomic E-state index is 0.00477. The van der Waals surface area contributed by atoms with Gasteiger partial charge in [-0.2, -0.15) is 0 Å². The molecule has 0 aromatic carbocycles. The Hall–Kier alpha value is -2.61. The number of aromatic amines is 1. The summed E-state index contributed by atoms with van der Waals surface area (Å²) >= 11 is 0. The number of hydrogen-bond acceptors (Lipinski definition) is 3. The number of hydrogen-bond donors (Lipinski definition) is 1. The number of imidazole rings is 1. The van der Waals surface area contributed by atoms with Crippen LogP contribution in [0.1, 0.15) is 23.2 Å². The molecule has 0 unspecified atom stereocenters. The Morgan fingerprint density at radius 3 is 3.10 bits per heavy atom. The van der Waals surface area contributed by atoms with Crippen LogP contribution in [0, 0.1) is 18.3 Å². The Morgan fingerprint density at radius 1 is 1.43 bits per heavy atom. The van der Waals surface area contributed by atoms with Crippen LogP contribution in [0.5, 0.6) is 0 Å². The topological polar surface area (TPSA) is 61.9 Å². The molecule has 0 aliphatic carbocycles. The molecule has 2 aromatic heterocycles. The number of likely N-dealkylation sites (tertiary alicyclic amines) is 1. The van der Waals surface area contributed by atoms with Gasteiger partial charge in [-0.25, -0.2) is 4.98 Å². The van der Waals surface area contributed by atoms with Gasteiger partial charge in [-0.15, -0.1) is 12.3 Å². The minimum Gasteiger partial charge on any atom is -0.343 e. The van der Waals surface area contributed by atoms with E-state index in [0.717, 1.165) is 19.4 Å². The molecule has 1 saturated heterocycles. The quantitative estimate of drug-likeness (QED) is 0.855. The molecule has 0 bridgehead atoms. The molecule has 0 radical (unpaired) electrons. The van der Waals surface area contributed by atoms with Crippen LogP contribution >= 0.6 is 0 Å². The van der Waals surface area contributed by atoms with E-state index in [-0.39, 0.29) is 11.8 Å². The highest BCUT2D eigenvalue weighted by Crippen LogP contribution is 2.19. The largest absolute Gasteiger partial charge is 0.343 e. The predicted molar refractivity (Wildman–Crippen MR) is 79.3 cm³/mol. The van der Waals surface area contributed by atoms with E-state index in [1.54, 1.807) is 30.7 Å². The maximum Gasteiger partial charge on any atom is 0.254 e. The molecular weight excluding hydrogens is 264 g/mol. The number of amides is 1. The van der Waals surface area contributed by atoms with Gasteiger partial charge >= 0.3 is 0 Å². The molecule has 1 aliphatic heterocycles. The minimum absolute atomic E-state index is 0.00477. The molecule has 0 saturated carbocycles. The number of piperidine rings is 1. The highest BCUT2D eigenvalue weighted by Gasteiger charge is 2.23. The lowest BCUT2D eigenvalue weighted by Gasteiger charge is -2.30. The zero-order chi connectivity index (χ0) is 14.7. The third-order valence-corrected chi connectivity index (χ3v) is 3.69. The SMILES string of the molecule is C#C[C@H]1CCCN(C(=O)c2ccnc(-c3ncc[nH]3)c2)C1. The van der Waals surface area contributed by atoms with Gasteiger partial charge in [-0.05, 0) is 25.0 Å². The zero-order valence-electron chi connectivity index (χ0n) is 11.6. The molecule has 0 spiro atoms. The number of aromatic nitrogens is 3. The number of terminal acetylenes is 1. The first-order valence-electron chi connectivity index (χ1n) is 6.99. The molecular formula is C16H16N4O. The zero-order valence-corrected chi connectivity index (χ0v) is 11.6. The Morgan fingerprint density at radius 2 is 2.33 bits per heavy atom. The molecule has 3 heterocycles. The van der Waals surface area contributed by atoms with Crippen molar-refractivity contribution in [2.24, 2.45) is 5.92 Å². The van der Waals surface area contributed by atoms with Crippen LogP contribution in [0.25, 0.3) is 11.5 Å². The average molecular weight is 280 g/mol. The fourth-order valence-electron chi connectivity index (χ4n) is 2.58. The second-order valence-corrected chi connectivity index (χ2v) is 5.12. The van der Waals surface area contributed by atoms with E-state index < -0.39 is 0 Å². The van der Waals surface area contributed by atoms with Crippen molar-refractivity contribution in [3.05, 3.63) is 36.3 Å². The summed E-state index contributed by atoms with van der Waals surface area (Å²) in [5.74, 6) is 3.58. The van der Waals surface area contributed by atoms with Crippen LogP contribution in [0.4, 0.5) is 0 Å². The number of rotatable bonds is 2. The van der Waals surface area contributed by atoms with Gasteiger partial charge in [-0.1, -0.05) is 0 Å². The number of nitrogens with one attached hydrogen (secondary N) is 1. The monoisotopic (exact) mass is 280 g/mol. The summed E-state index contributed by atoms with van der Waals surface area (Å²) in [5, 5.41) is 0. The van der Waals surface area contributed by atoms with Crippen molar-refractivity contribution in [1.82, 2.24) is 19.9 Å². The van der Waals surface area contributed by atoms with Crippen LogP contribution in [0.2, 0.25) is 0 Å². The summed E-state index contributed by atoms with van der Waals surface area (Å²) < 4.78 is 0. The molecule has 1 fully saturated rings. The van der Waals surface area contributed by atoms with E-state index in [2.05, 4.69) is 20.9 Å². The lowest BCUT2D eigenvalue weighted by atomic mass is 9.98. The number of carbonyl (C=O) groups is 1. The van der Waals surface area contributed by atoms with Gasteiger partial charge < -0.3 is 9.88 Å². The third-order valence-electron chi connectivity index (χ3n) is 3.69. The van der Waals surface area contributed by atoms with Gasteiger partial charge in [0.15, 0.2) is 5.82 Å². The Bertz CT molecular complexity index is 672. The van der Waals surface area contributed by atoms with Gasteiger partial charge in [0.2, 0.25) is 0 Å². The fourth-order valence-corrected chi connectivity index (χ4v) is 2.58. The maximum absolute atomic E-state index is 12.6. The van der Waals surface area contributed by atoms with Crippen LogP contribution in [0.3, 0.4) is 0 Å². The molecule has 1 amide bonds. The summed E-state index contributed by atoms with van der Waals surface area (Å²) in [6, 6.07) is 3.49. The first kappa shape index (κ1) is 13.4.